The number of anilines is 1. The molecule has 0 bridgehead atoms. The van der Waals surface area contributed by atoms with Gasteiger partial charge in [-0.15, -0.1) is 11.3 Å². The second kappa shape index (κ2) is 6.45. The van der Waals surface area contributed by atoms with Crippen LogP contribution in [0.4, 0.5) is 5.82 Å². The first-order valence-corrected chi connectivity index (χ1v) is 8.86. The van der Waals surface area contributed by atoms with Crippen molar-refractivity contribution >= 4 is 28.2 Å². The van der Waals surface area contributed by atoms with Gasteiger partial charge in [-0.2, -0.15) is 10.5 Å². The van der Waals surface area contributed by atoms with Crippen LogP contribution in [-0.2, 0) is 6.54 Å². The van der Waals surface area contributed by atoms with Crippen molar-refractivity contribution in [2.24, 2.45) is 0 Å². The summed E-state index contributed by atoms with van der Waals surface area (Å²) >= 11 is 1.34. The second-order valence-electron chi connectivity index (χ2n) is 5.80. The number of hydrogen-bond acceptors (Lipinski definition) is 6. The molecule has 3 N–H and O–H groups in total. The van der Waals surface area contributed by atoms with Gasteiger partial charge in [-0.3, -0.25) is 9.36 Å². The Morgan fingerprint density at radius 2 is 1.93 bits per heavy atom. The summed E-state index contributed by atoms with van der Waals surface area (Å²) in [6.07, 6.45) is 0. The minimum Gasteiger partial charge on any atom is -0.384 e. The number of imidazole rings is 1. The summed E-state index contributed by atoms with van der Waals surface area (Å²) in [5.41, 5.74) is 7.51. The largest absolute Gasteiger partial charge is 0.384 e. The average molecular weight is 372 g/mol. The predicted molar refractivity (Wildman–Crippen MR) is 103 cm³/mol. The Morgan fingerprint density at radius 1 is 1.15 bits per heavy atom. The Morgan fingerprint density at radius 3 is 2.59 bits per heavy atom. The Labute approximate surface area is 157 Å². The number of hydrogen-bond donors (Lipinski definition) is 2. The lowest BCUT2D eigenvalue weighted by atomic mass is 10.0. The molecule has 0 saturated carbocycles. The van der Waals surface area contributed by atoms with Crippen LogP contribution >= 0.6 is 11.3 Å². The molecule has 4 rings (SSSR count). The number of fused-ring (bicyclic) bond motifs is 1. The van der Waals surface area contributed by atoms with Crippen LogP contribution in [0.5, 0.6) is 0 Å². The third-order valence-corrected chi connectivity index (χ3v) is 5.13. The van der Waals surface area contributed by atoms with Crippen LogP contribution in [-0.4, -0.2) is 14.5 Å². The van der Waals surface area contributed by atoms with Crippen molar-refractivity contribution in [1.82, 2.24) is 14.5 Å². The molecule has 4 aromatic rings. The number of aromatic amines is 1. The lowest BCUT2D eigenvalue weighted by molar-refractivity contribution is 0.734. The number of thiophene rings is 1. The quantitative estimate of drug-likeness (QED) is 0.572. The maximum Gasteiger partial charge on any atom is 0.271 e. The van der Waals surface area contributed by atoms with E-state index in [1.54, 1.807) is 12.1 Å². The molecule has 0 amide bonds. The number of benzene rings is 1. The van der Waals surface area contributed by atoms with E-state index in [4.69, 9.17) is 5.73 Å². The molecule has 27 heavy (non-hydrogen) atoms. The predicted octanol–water partition coefficient (Wildman–Crippen LogP) is 2.83. The molecule has 8 heteroatoms. The van der Waals surface area contributed by atoms with E-state index in [9.17, 15) is 15.3 Å². The molecule has 0 unspecified atom stereocenters. The highest BCUT2D eigenvalue weighted by molar-refractivity contribution is 7.13. The minimum absolute atomic E-state index is 0.0188. The van der Waals surface area contributed by atoms with Gasteiger partial charge >= 0.3 is 0 Å². The Bertz CT molecular complexity index is 1270. The van der Waals surface area contributed by atoms with Gasteiger partial charge in [0, 0.05) is 10.4 Å². The molecule has 130 valence electrons. The molecule has 7 nitrogen and oxygen atoms in total. The molecule has 0 aliphatic carbocycles. The van der Waals surface area contributed by atoms with Crippen LogP contribution in [0, 0.1) is 22.7 Å². The van der Waals surface area contributed by atoms with Crippen molar-refractivity contribution in [2.45, 2.75) is 6.54 Å². The van der Waals surface area contributed by atoms with E-state index >= 15 is 0 Å². The molecule has 0 atom stereocenters. The molecule has 0 fully saturated rings. The maximum atomic E-state index is 12.9. The maximum absolute atomic E-state index is 12.9. The highest BCUT2D eigenvalue weighted by Crippen LogP contribution is 2.32. The number of H-pyrrole nitrogens is 1. The molecule has 0 saturated heterocycles. The van der Waals surface area contributed by atoms with Crippen LogP contribution in [0.3, 0.4) is 0 Å². The zero-order chi connectivity index (χ0) is 19.0. The second-order valence-corrected chi connectivity index (χ2v) is 6.75. The first kappa shape index (κ1) is 16.6. The monoisotopic (exact) mass is 372 g/mol. The molecular weight excluding hydrogens is 360 g/mol. The number of aromatic nitrogens is 3. The topological polar surface area (TPSA) is 124 Å². The molecule has 3 heterocycles. The van der Waals surface area contributed by atoms with E-state index in [0.717, 1.165) is 11.0 Å². The van der Waals surface area contributed by atoms with Crippen LogP contribution in [0.1, 0.15) is 17.0 Å². The summed E-state index contributed by atoms with van der Waals surface area (Å²) in [5, 5.41) is 21.0. The first-order chi connectivity index (χ1) is 13.1. The highest BCUT2D eigenvalue weighted by Gasteiger charge is 2.22. The zero-order valence-corrected chi connectivity index (χ0v) is 14.7. The van der Waals surface area contributed by atoms with E-state index in [1.807, 2.05) is 41.8 Å². The van der Waals surface area contributed by atoms with Gasteiger partial charge in [0.2, 0.25) is 0 Å². The summed E-state index contributed by atoms with van der Waals surface area (Å²) in [6, 6.07) is 15.0. The molecule has 0 radical (unpaired) electrons. The Hall–Kier alpha value is -3.88. The zero-order valence-electron chi connectivity index (χ0n) is 13.9. The van der Waals surface area contributed by atoms with E-state index in [-0.39, 0.29) is 23.5 Å². The van der Waals surface area contributed by atoms with Gasteiger partial charge in [-0.1, -0.05) is 18.2 Å². The van der Waals surface area contributed by atoms with E-state index in [0.29, 0.717) is 16.3 Å². The van der Waals surface area contributed by atoms with Crippen LogP contribution < -0.4 is 11.3 Å². The molecule has 3 aromatic heterocycles. The van der Waals surface area contributed by atoms with Crippen LogP contribution in [0.15, 0.2) is 46.6 Å². The van der Waals surface area contributed by atoms with Gasteiger partial charge in [0.05, 0.1) is 17.6 Å². The van der Waals surface area contributed by atoms with Gasteiger partial charge < -0.3 is 10.7 Å². The minimum atomic E-state index is -0.544. The summed E-state index contributed by atoms with van der Waals surface area (Å²) in [6.45, 7) is 0.0351. The number of nitrogens with zero attached hydrogens (tertiary/aromatic N) is 4. The number of pyridine rings is 1. The lowest BCUT2D eigenvalue weighted by Crippen LogP contribution is -2.28. The fraction of sp³-hybridized carbons (Fsp3) is 0.0526. The Kier molecular flexibility index (Phi) is 3.96. The number of nitrogens with two attached hydrogens (primary N) is 1. The van der Waals surface area contributed by atoms with Crippen molar-refractivity contribution in [1.29, 1.82) is 10.5 Å². The van der Waals surface area contributed by atoms with Crippen molar-refractivity contribution < 1.29 is 0 Å². The number of para-hydroxylation sites is 2. The molecule has 1 aromatic carbocycles. The van der Waals surface area contributed by atoms with E-state index in [1.165, 1.54) is 15.9 Å². The normalized spacial score (nSPS) is 10.6. The number of nitrogens with one attached hydrogen (secondary N) is 1. The smallest absolute Gasteiger partial charge is 0.271 e. The first-order valence-electron chi connectivity index (χ1n) is 7.98. The SMILES string of the molecule is N#Cc1c(-c2cccs2)c(C#N)c(=O)n(Cc2nc3ccccc3[nH]2)c1N. The summed E-state index contributed by atoms with van der Waals surface area (Å²) in [7, 11) is 0. The molecule has 0 aliphatic heterocycles. The fourth-order valence-electron chi connectivity index (χ4n) is 3.01. The van der Waals surface area contributed by atoms with E-state index < -0.39 is 5.56 Å². The third kappa shape index (κ3) is 2.65. The van der Waals surface area contributed by atoms with Crippen molar-refractivity contribution in [3.8, 4) is 22.6 Å². The van der Waals surface area contributed by atoms with Crippen molar-refractivity contribution in [2.75, 3.05) is 5.73 Å². The van der Waals surface area contributed by atoms with Gasteiger partial charge in [-0.05, 0) is 23.6 Å². The average Bonchev–Trinajstić information content (AvgIpc) is 3.34. The standard InChI is InChI=1S/C19H12N6OS/c20-8-11-17(15-6-3-7-27-15)12(9-21)19(26)25(18(11)22)10-16-23-13-4-1-2-5-14(13)24-16/h1-7H,10,22H2,(H,23,24). The van der Waals surface area contributed by atoms with Gasteiger partial charge in [-0.25, -0.2) is 4.98 Å². The molecular formula is C19H12N6OS. The van der Waals surface area contributed by atoms with E-state index in [2.05, 4.69) is 9.97 Å². The molecule has 0 spiro atoms. The summed E-state index contributed by atoms with van der Waals surface area (Å²) in [4.78, 5) is 21.2. The summed E-state index contributed by atoms with van der Waals surface area (Å²) < 4.78 is 1.21. The summed E-state index contributed by atoms with van der Waals surface area (Å²) in [5.74, 6) is 0.534. The highest BCUT2D eigenvalue weighted by atomic mass is 32.1. The van der Waals surface area contributed by atoms with Crippen molar-refractivity contribution in [3.63, 3.8) is 0 Å². The number of rotatable bonds is 3. The van der Waals surface area contributed by atoms with Gasteiger partial charge in [0.25, 0.3) is 5.56 Å². The Balaban J connectivity index is 1.93. The van der Waals surface area contributed by atoms with Gasteiger partial charge in [0.1, 0.15) is 34.9 Å². The number of nitriles is 2. The molecule has 0 aliphatic rings. The van der Waals surface area contributed by atoms with Crippen molar-refractivity contribution in [3.05, 3.63) is 69.1 Å². The lowest BCUT2D eigenvalue weighted by Gasteiger charge is -2.14. The van der Waals surface area contributed by atoms with Crippen LogP contribution in [0.2, 0.25) is 0 Å². The number of nitrogen functional groups attached to an aromatic ring is 1. The van der Waals surface area contributed by atoms with Gasteiger partial charge in [0.15, 0.2) is 0 Å². The van der Waals surface area contributed by atoms with Crippen LogP contribution in [0.25, 0.3) is 21.5 Å². The fourth-order valence-corrected chi connectivity index (χ4v) is 3.79. The third-order valence-electron chi connectivity index (χ3n) is 4.24.